The molecular weight excluding hydrogens is 436 g/mol. The second kappa shape index (κ2) is 9.56. The average molecular weight is 465 g/mol. The van der Waals surface area contributed by atoms with Gasteiger partial charge >= 0.3 is 5.69 Å². The minimum absolute atomic E-state index is 0.231. The molecule has 4 aromatic rings. The molecule has 0 saturated carbocycles. The van der Waals surface area contributed by atoms with E-state index in [2.05, 4.69) is 5.32 Å². The van der Waals surface area contributed by atoms with E-state index in [9.17, 15) is 14.4 Å². The molecule has 2 aromatic carbocycles. The largest absolute Gasteiger partial charge is 0.497 e. The molecule has 0 unspecified atom stereocenters. The third-order valence-electron chi connectivity index (χ3n) is 5.89. The number of fused-ring (bicyclic) bond motifs is 3. The normalized spacial score (nSPS) is 11.3. The van der Waals surface area contributed by atoms with Crippen LogP contribution in [0.2, 0.25) is 0 Å². The van der Waals surface area contributed by atoms with Gasteiger partial charge in [-0.25, -0.2) is 9.36 Å². The number of carbonyl (C=O) groups is 1. The predicted octanol–water partition coefficient (Wildman–Crippen LogP) is 2.11. The van der Waals surface area contributed by atoms with Gasteiger partial charge in [-0.2, -0.15) is 0 Å². The maximum absolute atomic E-state index is 13.7. The first-order valence-corrected chi connectivity index (χ1v) is 11.0. The summed E-state index contributed by atoms with van der Waals surface area (Å²) >= 11 is 0. The second-order valence-corrected chi connectivity index (χ2v) is 8.18. The quantitative estimate of drug-likeness (QED) is 0.403. The van der Waals surface area contributed by atoms with Crippen molar-refractivity contribution in [3.05, 3.63) is 68.9 Å². The summed E-state index contributed by atoms with van der Waals surface area (Å²) in [5, 5.41) is 3.48. The van der Waals surface area contributed by atoms with Crippen LogP contribution in [0.3, 0.4) is 0 Å². The molecule has 34 heavy (non-hydrogen) atoms. The zero-order valence-electron chi connectivity index (χ0n) is 19.8. The van der Waals surface area contributed by atoms with Gasteiger partial charge in [-0.3, -0.25) is 14.2 Å². The number of aromatic nitrogens is 3. The molecule has 4 rings (SSSR count). The van der Waals surface area contributed by atoms with Gasteiger partial charge in [0.1, 0.15) is 17.8 Å². The third-order valence-corrected chi connectivity index (χ3v) is 5.89. The number of rotatable bonds is 8. The Balaban J connectivity index is 2.00. The minimum Gasteiger partial charge on any atom is -0.497 e. The lowest BCUT2D eigenvalue weighted by Gasteiger charge is -2.14. The molecule has 0 aliphatic heterocycles. The lowest BCUT2D eigenvalue weighted by atomic mass is 10.2. The fourth-order valence-corrected chi connectivity index (χ4v) is 4.24. The molecule has 0 bridgehead atoms. The highest BCUT2D eigenvalue weighted by Crippen LogP contribution is 2.29. The average Bonchev–Trinajstić information content (AvgIpc) is 3.11. The summed E-state index contributed by atoms with van der Waals surface area (Å²) in [6.45, 7) is 2.60. The smallest absolute Gasteiger partial charge is 0.336 e. The van der Waals surface area contributed by atoms with Gasteiger partial charge in [0.25, 0.3) is 5.56 Å². The zero-order chi connectivity index (χ0) is 24.4. The van der Waals surface area contributed by atoms with Crippen molar-refractivity contribution in [1.29, 1.82) is 0 Å². The minimum atomic E-state index is -0.578. The van der Waals surface area contributed by atoms with Crippen LogP contribution < -0.4 is 21.3 Å². The molecule has 2 aromatic heterocycles. The summed E-state index contributed by atoms with van der Waals surface area (Å²) in [7, 11) is 4.93. The van der Waals surface area contributed by atoms with Crippen LogP contribution in [0.5, 0.6) is 5.75 Å². The van der Waals surface area contributed by atoms with E-state index in [1.165, 1.54) is 4.57 Å². The molecular formula is C25H28N4O5. The summed E-state index contributed by atoms with van der Waals surface area (Å²) in [5.41, 5.74) is 1.83. The molecule has 0 aliphatic rings. The van der Waals surface area contributed by atoms with Gasteiger partial charge in [0.05, 0.1) is 23.8 Å². The molecule has 0 saturated heterocycles. The molecule has 0 atom stereocenters. The first-order chi connectivity index (χ1) is 16.4. The van der Waals surface area contributed by atoms with Crippen molar-refractivity contribution in [2.24, 2.45) is 7.05 Å². The Morgan fingerprint density at radius 3 is 2.56 bits per heavy atom. The molecule has 9 nitrogen and oxygen atoms in total. The number of nitrogens with one attached hydrogen (secondary N) is 1. The molecule has 0 aliphatic carbocycles. The Hall–Kier alpha value is -3.85. The van der Waals surface area contributed by atoms with Crippen LogP contribution >= 0.6 is 0 Å². The van der Waals surface area contributed by atoms with Crippen molar-refractivity contribution < 1.29 is 14.3 Å². The van der Waals surface area contributed by atoms with E-state index in [1.54, 1.807) is 56.2 Å². The Labute approximate surface area is 196 Å². The van der Waals surface area contributed by atoms with Gasteiger partial charge in [0.15, 0.2) is 0 Å². The lowest BCUT2D eigenvalue weighted by Crippen LogP contribution is -2.42. The molecule has 1 N–H and O–H groups in total. The van der Waals surface area contributed by atoms with Crippen molar-refractivity contribution in [1.82, 2.24) is 19.0 Å². The Morgan fingerprint density at radius 1 is 1.06 bits per heavy atom. The molecule has 0 fully saturated rings. The number of hydrogen-bond acceptors (Lipinski definition) is 5. The maximum Gasteiger partial charge on any atom is 0.336 e. The molecule has 2 heterocycles. The van der Waals surface area contributed by atoms with E-state index < -0.39 is 11.2 Å². The fourth-order valence-electron chi connectivity index (χ4n) is 4.24. The number of carbonyl (C=O) groups excluding carboxylic acids is 1. The Bertz CT molecular complexity index is 1500. The Kier molecular flexibility index (Phi) is 6.56. The summed E-state index contributed by atoms with van der Waals surface area (Å²) in [6, 6.07) is 12.6. The number of benzene rings is 2. The standard InChI is InChI=1S/C25H28N4O5/c1-16-7-5-8-17(13-16)29-24(31)23-22(19-14-18(34-4)9-10-20(19)27(23)2)28(25(29)32)15-21(30)26-11-6-12-33-3/h5,7-10,13-14H,6,11-12,15H2,1-4H3,(H,26,30). The van der Waals surface area contributed by atoms with Crippen molar-refractivity contribution in [2.75, 3.05) is 27.4 Å². The van der Waals surface area contributed by atoms with E-state index in [0.717, 1.165) is 15.6 Å². The van der Waals surface area contributed by atoms with Gasteiger partial charge in [-0.15, -0.1) is 0 Å². The highest BCUT2D eigenvalue weighted by molar-refractivity contribution is 6.06. The van der Waals surface area contributed by atoms with Crippen LogP contribution in [-0.4, -0.2) is 47.0 Å². The monoisotopic (exact) mass is 464 g/mol. The molecule has 178 valence electrons. The van der Waals surface area contributed by atoms with E-state index >= 15 is 0 Å². The van der Waals surface area contributed by atoms with Crippen LogP contribution in [0, 0.1) is 6.92 Å². The topological polar surface area (TPSA) is 96.5 Å². The van der Waals surface area contributed by atoms with E-state index in [4.69, 9.17) is 9.47 Å². The van der Waals surface area contributed by atoms with Crippen molar-refractivity contribution in [3.8, 4) is 11.4 Å². The van der Waals surface area contributed by atoms with Gasteiger partial charge in [-0.1, -0.05) is 12.1 Å². The van der Waals surface area contributed by atoms with Crippen LogP contribution in [0.15, 0.2) is 52.1 Å². The van der Waals surface area contributed by atoms with Gasteiger partial charge in [-0.05, 0) is 49.2 Å². The zero-order valence-corrected chi connectivity index (χ0v) is 19.8. The number of amides is 1. The highest BCUT2D eigenvalue weighted by Gasteiger charge is 2.22. The summed E-state index contributed by atoms with van der Waals surface area (Å²) in [6.07, 6.45) is 0.654. The molecule has 0 radical (unpaired) electrons. The summed E-state index contributed by atoms with van der Waals surface area (Å²) in [4.78, 5) is 40.2. The van der Waals surface area contributed by atoms with Gasteiger partial charge in [0.2, 0.25) is 5.91 Å². The maximum atomic E-state index is 13.7. The predicted molar refractivity (Wildman–Crippen MR) is 131 cm³/mol. The van der Waals surface area contributed by atoms with Crippen molar-refractivity contribution >= 4 is 27.8 Å². The lowest BCUT2D eigenvalue weighted by molar-refractivity contribution is -0.121. The van der Waals surface area contributed by atoms with Crippen molar-refractivity contribution in [2.45, 2.75) is 19.9 Å². The van der Waals surface area contributed by atoms with Crippen LogP contribution in [0.4, 0.5) is 0 Å². The SMILES string of the molecule is COCCCNC(=O)Cn1c(=O)n(-c2cccc(C)c2)c(=O)c2c1c1cc(OC)ccc1n2C. The number of aryl methyl sites for hydroxylation is 2. The number of nitrogens with zero attached hydrogens (tertiary/aromatic N) is 3. The second-order valence-electron chi connectivity index (χ2n) is 8.18. The van der Waals surface area contributed by atoms with E-state index in [0.29, 0.717) is 47.4 Å². The van der Waals surface area contributed by atoms with E-state index in [1.807, 2.05) is 19.1 Å². The number of hydrogen-bond donors (Lipinski definition) is 1. The van der Waals surface area contributed by atoms with Crippen molar-refractivity contribution in [3.63, 3.8) is 0 Å². The Morgan fingerprint density at radius 2 is 1.85 bits per heavy atom. The van der Waals surface area contributed by atoms with Crippen LogP contribution in [-0.2, 0) is 23.1 Å². The van der Waals surface area contributed by atoms with Crippen LogP contribution in [0.25, 0.3) is 27.6 Å². The first kappa shape index (κ1) is 23.3. The van der Waals surface area contributed by atoms with Gasteiger partial charge in [0, 0.05) is 32.7 Å². The van der Waals surface area contributed by atoms with Crippen LogP contribution in [0.1, 0.15) is 12.0 Å². The molecule has 9 heteroatoms. The summed E-state index contributed by atoms with van der Waals surface area (Å²) < 4.78 is 14.6. The number of ether oxygens (including phenoxy) is 2. The fraction of sp³-hybridized carbons (Fsp3) is 0.320. The van der Waals surface area contributed by atoms with Gasteiger partial charge < -0.3 is 19.4 Å². The molecule has 1 amide bonds. The highest BCUT2D eigenvalue weighted by atomic mass is 16.5. The molecule has 0 spiro atoms. The third kappa shape index (κ3) is 4.10. The summed E-state index contributed by atoms with van der Waals surface area (Å²) in [5.74, 6) is 0.264. The van der Waals surface area contributed by atoms with E-state index in [-0.39, 0.29) is 12.5 Å². The number of methoxy groups -OCH3 is 2. The first-order valence-electron chi connectivity index (χ1n) is 11.0.